The van der Waals surface area contributed by atoms with Crippen molar-refractivity contribution in [1.82, 2.24) is 0 Å². The molecule has 0 saturated heterocycles. The molecule has 0 heterocycles. The van der Waals surface area contributed by atoms with Crippen molar-refractivity contribution >= 4 is 0 Å². The van der Waals surface area contributed by atoms with Gasteiger partial charge in [-0.15, -0.1) is 0 Å². The largest absolute Gasteiger partial charge is 0.385 e. The first-order chi connectivity index (χ1) is 6.25. The van der Waals surface area contributed by atoms with Crippen LogP contribution in [-0.2, 0) is 5.60 Å². The third-order valence-electron chi connectivity index (χ3n) is 2.87. The third-order valence-corrected chi connectivity index (χ3v) is 2.87. The number of rotatable bonds is 1. The Balaban J connectivity index is 3.10. The zero-order valence-electron chi connectivity index (χ0n) is 9.13. The van der Waals surface area contributed by atoms with Crippen LogP contribution >= 0.6 is 0 Å². The quantitative estimate of drug-likeness (QED) is 0.731. The zero-order valence-corrected chi connectivity index (χ0v) is 9.13. The first kappa shape index (κ1) is 11.2. The molecule has 0 bridgehead atoms. The molecule has 1 atom stereocenters. The normalized spacial score (nSPS) is 16.4. The Morgan fingerprint density at radius 2 is 1.43 bits per heavy atom. The SMILES string of the molecule is CC(C)(C)C(C)(O)c1ccc(F)cc1. The van der Waals surface area contributed by atoms with Crippen LogP contribution in [0.1, 0.15) is 33.3 Å². The van der Waals surface area contributed by atoms with E-state index in [4.69, 9.17) is 0 Å². The van der Waals surface area contributed by atoms with Crippen molar-refractivity contribution in [3.8, 4) is 0 Å². The van der Waals surface area contributed by atoms with Gasteiger partial charge in [0.15, 0.2) is 0 Å². The lowest BCUT2D eigenvalue weighted by molar-refractivity contribution is -0.0470. The van der Waals surface area contributed by atoms with Crippen molar-refractivity contribution in [2.24, 2.45) is 5.41 Å². The van der Waals surface area contributed by atoms with E-state index >= 15 is 0 Å². The first-order valence-corrected chi connectivity index (χ1v) is 4.73. The Bertz CT molecular complexity index is 306. The lowest BCUT2D eigenvalue weighted by Gasteiger charge is -2.37. The van der Waals surface area contributed by atoms with Crippen molar-refractivity contribution in [2.45, 2.75) is 33.3 Å². The van der Waals surface area contributed by atoms with Crippen LogP contribution in [0.4, 0.5) is 4.39 Å². The summed E-state index contributed by atoms with van der Waals surface area (Å²) in [5.41, 5.74) is -0.475. The van der Waals surface area contributed by atoms with E-state index in [-0.39, 0.29) is 11.2 Å². The van der Waals surface area contributed by atoms with Crippen molar-refractivity contribution in [2.75, 3.05) is 0 Å². The predicted octanol–water partition coefficient (Wildman–Crippen LogP) is 3.08. The van der Waals surface area contributed by atoms with Gasteiger partial charge in [-0.25, -0.2) is 4.39 Å². The van der Waals surface area contributed by atoms with E-state index in [2.05, 4.69) is 0 Å². The maximum Gasteiger partial charge on any atom is 0.123 e. The molecule has 78 valence electrons. The minimum Gasteiger partial charge on any atom is -0.385 e. The van der Waals surface area contributed by atoms with Gasteiger partial charge in [-0.3, -0.25) is 0 Å². The van der Waals surface area contributed by atoms with E-state index < -0.39 is 5.60 Å². The zero-order chi connectivity index (χ0) is 11.0. The summed E-state index contributed by atoms with van der Waals surface area (Å²) in [6, 6.07) is 5.99. The van der Waals surface area contributed by atoms with Gasteiger partial charge in [-0.05, 0) is 30.0 Å². The standard InChI is InChI=1S/C12H17FO/c1-11(2,3)12(4,14)9-5-7-10(13)8-6-9/h5-8,14H,1-4H3. The lowest BCUT2D eigenvalue weighted by Crippen LogP contribution is -2.36. The maximum atomic E-state index is 12.7. The van der Waals surface area contributed by atoms with Crippen LogP contribution in [0.3, 0.4) is 0 Å². The second-order valence-electron chi connectivity index (χ2n) is 4.83. The summed E-state index contributed by atoms with van der Waals surface area (Å²) >= 11 is 0. The molecule has 0 saturated carbocycles. The Hall–Kier alpha value is -0.890. The van der Waals surface area contributed by atoms with Crippen LogP contribution in [0.15, 0.2) is 24.3 Å². The summed E-state index contributed by atoms with van der Waals surface area (Å²) in [6.07, 6.45) is 0. The highest BCUT2D eigenvalue weighted by atomic mass is 19.1. The highest BCUT2D eigenvalue weighted by Crippen LogP contribution is 2.38. The molecule has 1 rings (SSSR count). The average Bonchev–Trinajstić information content (AvgIpc) is 2.03. The van der Waals surface area contributed by atoms with Crippen molar-refractivity contribution in [1.29, 1.82) is 0 Å². The number of hydrogen-bond acceptors (Lipinski definition) is 1. The van der Waals surface area contributed by atoms with Crippen molar-refractivity contribution in [3.63, 3.8) is 0 Å². The Morgan fingerprint density at radius 3 is 1.79 bits per heavy atom. The van der Waals surface area contributed by atoms with E-state index in [0.717, 1.165) is 5.56 Å². The second kappa shape index (κ2) is 3.35. The molecule has 0 aliphatic carbocycles. The van der Waals surface area contributed by atoms with Gasteiger partial charge in [0.05, 0.1) is 5.60 Å². The van der Waals surface area contributed by atoms with Crippen LogP contribution in [-0.4, -0.2) is 5.11 Å². The van der Waals surface area contributed by atoms with Gasteiger partial charge in [0.2, 0.25) is 0 Å². The molecule has 0 aliphatic heterocycles. The summed E-state index contributed by atoms with van der Waals surface area (Å²) in [5, 5.41) is 10.3. The van der Waals surface area contributed by atoms with Gasteiger partial charge in [-0.1, -0.05) is 32.9 Å². The lowest BCUT2D eigenvalue weighted by atomic mass is 9.73. The molecule has 0 amide bonds. The van der Waals surface area contributed by atoms with Crippen molar-refractivity contribution < 1.29 is 9.50 Å². The van der Waals surface area contributed by atoms with Gasteiger partial charge in [-0.2, -0.15) is 0 Å². The van der Waals surface area contributed by atoms with Gasteiger partial charge >= 0.3 is 0 Å². The highest BCUT2D eigenvalue weighted by Gasteiger charge is 2.36. The fraction of sp³-hybridized carbons (Fsp3) is 0.500. The molecule has 2 heteroatoms. The minimum atomic E-state index is -0.944. The summed E-state index contributed by atoms with van der Waals surface area (Å²) in [6.45, 7) is 7.61. The topological polar surface area (TPSA) is 20.2 Å². The monoisotopic (exact) mass is 196 g/mol. The molecule has 1 N–H and O–H groups in total. The Kier molecular flexibility index (Phi) is 2.68. The van der Waals surface area contributed by atoms with E-state index in [1.807, 2.05) is 20.8 Å². The smallest absolute Gasteiger partial charge is 0.123 e. The molecule has 0 radical (unpaired) electrons. The van der Waals surface area contributed by atoms with Gasteiger partial charge in [0, 0.05) is 0 Å². The molecular weight excluding hydrogens is 179 g/mol. The maximum absolute atomic E-state index is 12.7. The highest BCUT2D eigenvalue weighted by molar-refractivity contribution is 5.24. The average molecular weight is 196 g/mol. The summed E-state index contributed by atoms with van der Waals surface area (Å²) in [7, 11) is 0. The molecule has 14 heavy (non-hydrogen) atoms. The van der Waals surface area contributed by atoms with Gasteiger partial charge < -0.3 is 5.11 Å². The fourth-order valence-corrected chi connectivity index (χ4v) is 1.21. The van der Waals surface area contributed by atoms with E-state index in [0.29, 0.717) is 0 Å². The van der Waals surface area contributed by atoms with Crippen LogP contribution in [0.25, 0.3) is 0 Å². The van der Waals surface area contributed by atoms with Crippen LogP contribution in [0.2, 0.25) is 0 Å². The van der Waals surface area contributed by atoms with Crippen LogP contribution in [0, 0.1) is 11.2 Å². The number of benzene rings is 1. The molecule has 1 unspecified atom stereocenters. The van der Waals surface area contributed by atoms with Crippen molar-refractivity contribution in [3.05, 3.63) is 35.6 Å². The van der Waals surface area contributed by atoms with Crippen LogP contribution in [0.5, 0.6) is 0 Å². The summed E-state index contributed by atoms with van der Waals surface area (Å²) < 4.78 is 12.7. The van der Waals surface area contributed by atoms with E-state index in [9.17, 15) is 9.50 Å². The Labute approximate surface area is 84.6 Å². The first-order valence-electron chi connectivity index (χ1n) is 4.73. The summed E-state index contributed by atoms with van der Waals surface area (Å²) in [5.74, 6) is -0.279. The van der Waals surface area contributed by atoms with Crippen LogP contribution < -0.4 is 0 Å². The number of halogens is 1. The molecular formula is C12H17FO. The predicted molar refractivity (Wildman–Crippen MR) is 55.4 cm³/mol. The van der Waals surface area contributed by atoms with Gasteiger partial charge in [0.1, 0.15) is 5.82 Å². The molecule has 1 aromatic carbocycles. The Morgan fingerprint density at radius 1 is 1.00 bits per heavy atom. The molecule has 0 aromatic heterocycles. The number of aliphatic hydroxyl groups is 1. The molecule has 0 aliphatic rings. The summed E-state index contributed by atoms with van der Waals surface area (Å²) in [4.78, 5) is 0. The molecule has 1 nitrogen and oxygen atoms in total. The van der Waals surface area contributed by atoms with Gasteiger partial charge in [0.25, 0.3) is 0 Å². The second-order valence-corrected chi connectivity index (χ2v) is 4.83. The van der Waals surface area contributed by atoms with E-state index in [1.165, 1.54) is 12.1 Å². The minimum absolute atomic E-state index is 0.273. The molecule has 0 spiro atoms. The number of hydrogen-bond donors (Lipinski definition) is 1. The van der Waals surface area contributed by atoms with E-state index in [1.54, 1.807) is 19.1 Å². The fourth-order valence-electron chi connectivity index (χ4n) is 1.21. The molecule has 1 aromatic rings. The molecule has 0 fully saturated rings. The third kappa shape index (κ3) is 1.95.